The minimum atomic E-state index is 0.349. The first-order valence-corrected chi connectivity index (χ1v) is 8.38. The second-order valence-corrected chi connectivity index (χ2v) is 6.08. The molecule has 4 N–H and O–H groups in total. The normalized spacial score (nSPS) is 10.3. The van der Waals surface area contributed by atoms with E-state index in [0.29, 0.717) is 40.3 Å². The lowest BCUT2D eigenvalue weighted by molar-refractivity contribution is 0.405. The molecule has 0 saturated heterocycles. The van der Waals surface area contributed by atoms with Crippen LogP contribution in [0.2, 0.25) is 0 Å². The van der Waals surface area contributed by atoms with Gasteiger partial charge in [0.25, 0.3) is 0 Å². The Balaban J connectivity index is 1.89. The summed E-state index contributed by atoms with van der Waals surface area (Å²) in [6, 6.07) is 9.07. The van der Waals surface area contributed by atoms with Gasteiger partial charge in [-0.25, -0.2) is 15.0 Å². The van der Waals surface area contributed by atoms with Crippen molar-refractivity contribution in [3.8, 4) is 11.5 Å². The molecule has 3 rings (SSSR count). The lowest BCUT2D eigenvalue weighted by Crippen LogP contribution is -2.06. The Kier molecular flexibility index (Phi) is 5.37. The fourth-order valence-electron chi connectivity index (χ4n) is 2.21. The molecule has 0 unspecified atom stereocenters. The number of anilines is 5. The molecule has 26 heavy (non-hydrogen) atoms. The SMILES string of the molecule is COc1ccc(OC)c(Nc2ncnc(Nc3ccc(Br)cn3)c2N)c1. The smallest absolute Gasteiger partial charge is 0.160 e. The first-order valence-electron chi connectivity index (χ1n) is 7.59. The standard InChI is InChI=1S/C17H17BrN6O2/c1-25-11-4-5-13(26-2)12(7-11)23-16-15(19)17(22-9-21-16)24-14-6-3-10(18)8-20-14/h3-9H,19H2,1-2H3,(H2,20,21,22,23,24). The number of ether oxygens (including phenoxy) is 2. The van der Waals surface area contributed by atoms with E-state index < -0.39 is 0 Å². The van der Waals surface area contributed by atoms with Gasteiger partial charge in [-0.1, -0.05) is 0 Å². The predicted octanol–water partition coefficient (Wildman–Crippen LogP) is 3.72. The number of benzene rings is 1. The number of methoxy groups -OCH3 is 2. The van der Waals surface area contributed by atoms with Crippen molar-refractivity contribution < 1.29 is 9.47 Å². The van der Waals surface area contributed by atoms with Gasteiger partial charge in [0.2, 0.25) is 0 Å². The largest absolute Gasteiger partial charge is 0.497 e. The van der Waals surface area contributed by atoms with Crippen LogP contribution in [0.1, 0.15) is 0 Å². The van der Waals surface area contributed by atoms with E-state index in [2.05, 4.69) is 41.5 Å². The van der Waals surface area contributed by atoms with Gasteiger partial charge >= 0.3 is 0 Å². The Bertz CT molecular complexity index is 904. The first kappa shape index (κ1) is 17.7. The summed E-state index contributed by atoms with van der Waals surface area (Å²) in [6.07, 6.45) is 3.09. The molecule has 0 aliphatic heterocycles. The number of pyridine rings is 1. The zero-order valence-electron chi connectivity index (χ0n) is 14.2. The Labute approximate surface area is 158 Å². The average molecular weight is 417 g/mol. The second-order valence-electron chi connectivity index (χ2n) is 5.16. The van der Waals surface area contributed by atoms with Gasteiger partial charge in [0.1, 0.15) is 29.3 Å². The number of nitrogen functional groups attached to an aromatic ring is 1. The van der Waals surface area contributed by atoms with Crippen molar-refractivity contribution in [1.29, 1.82) is 0 Å². The molecule has 0 radical (unpaired) electrons. The minimum absolute atomic E-state index is 0.349. The minimum Gasteiger partial charge on any atom is -0.497 e. The molecular weight excluding hydrogens is 400 g/mol. The van der Waals surface area contributed by atoms with Gasteiger partial charge < -0.3 is 25.8 Å². The first-order chi connectivity index (χ1) is 12.6. The van der Waals surface area contributed by atoms with Gasteiger partial charge in [0, 0.05) is 16.7 Å². The number of hydrogen-bond donors (Lipinski definition) is 3. The van der Waals surface area contributed by atoms with Gasteiger partial charge in [-0.05, 0) is 40.2 Å². The number of nitrogens with zero attached hydrogens (tertiary/aromatic N) is 3. The highest BCUT2D eigenvalue weighted by Crippen LogP contribution is 2.34. The molecule has 9 heteroatoms. The summed E-state index contributed by atoms with van der Waals surface area (Å²) >= 11 is 3.35. The van der Waals surface area contributed by atoms with Crippen LogP contribution in [-0.2, 0) is 0 Å². The molecule has 0 spiro atoms. The molecule has 0 atom stereocenters. The zero-order chi connectivity index (χ0) is 18.5. The molecule has 3 aromatic rings. The van der Waals surface area contributed by atoms with Crippen molar-refractivity contribution in [1.82, 2.24) is 15.0 Å². The number of aromatic nitrogens is 3. The van der Waals surface area contributed by atoms with Crippen LogP contribution in [0.4, 0.5) is 28.8 Å². The third-order valence-corrected chi connectivity index (χ3v) is 3.99. The maximum atomic E-state index is 6.21. The quantitative estimate of drug-likeness (QED) is 0.557. The number of hydrogen-bond acceptors (Lipinski definition) is 8. The van der Waals surface area contributed by atoms with Crippen molar-refractivity contribution in [3.63, 3.8) is 0 Å². The van der Waals surface area contributed by atoms with Crippen LogP contribution in [-0.4, -0.2) is 29.2 Å². The highest BCUT2D eigenvalue weighted by atomic mass is 79.9. The van der Waals surface area contributed by atoms with Crippen molar-refractivity contribution in [2.45, 2.75) is 0 Å². The van der Waals surface area contributed by atoms with Crippen LogP contribution in [0.25, 0.3) is 0 Å². The van der Waals surface area contributed by atoms with E-state index >= 15 is 0 Å². The summed E-state index contributed by atoms with van der Waals surface area (Å²) in [4.78, 5) is 12.6. The summed E-state index contributed by atoms with van der Waals surface area (Å²) in [5.41, 5.74) is 7.23. The molecular formula is C17H17BrN6O2. The van der Waals surface area contributed by atoms with Crippen molar-refractivity contribution in [3.05, 3.63) is 47.3 Å². The van der Waals surface area contributed by atoms with Crippen LogP contribution >= 0.6 is 15.9 Å². The molecule has 0 aliphatic rings. The van der Waals surface area contributed by atoms with Gasteiger partial charge in [0.05, 0.1) is 19.9 Å². The number of rotatable bonds is 6. The molecule has 0 fully saturated rings. The summed E-state index contributed by atoms with van der Waals surface area (Å²) in [7, 11) is 3.18. The fraction of sp³-hybridized carbons (Fsp3) is 0.118. The van der Waals surface area contributed by atoms with E-state index in [1.807, 2.05) is 12.1 Å². The van der Waals surface area contributed by atoms with E-state index in [1.54, 1.807) is 38.6 Å². The van der Waals surface area contributed by atoms with E-state index in [0.717, 1.165) is 4.47 Å². The molecule has 0 bridgehead atoms. The Morgan fingerprint density at radius 3 is 2.38 bits per heavy atom. The van der Waals surface area contributed by atoms with Gasteiger partial charge in [0.15, 0.2) is 11.6 Å². The molecule has 0 saturated carbocycles. The van der Waals surface area contributed by atoms with Gasteiger partial charge in [-0.2, -0.15) is 0 Å². The highest BCUT2D eigenvalue weighted by molar-refractivity contribution is 9.10. The van der Waals surface area contributed by atoms with Gasteiger partial charge in [-0.15, -0.1) is 0 Å². The van der Waals surface area contributed by atoms with E-state index in [-0.39, 0.29) is 0 Å². The molecule has 0 amide bonds. The molecule has 8 nitrogen and oxygen atoms in total. The molecule has 134 valence electrons. The lowest BCUT2D eigenvalue weighted by Gasteiger charge is -2.15. The topological polar surface area (TPSA) is 107 Å². The van der Waals surface area contributed by atoms with Crippen LogP contribution < -0.4 is 25.8 Å². The molecule has 1 aromatic carbocycles. The highest BCUT2D eigenvalue weighted by Gasteiger charge is 2.12. The zero-order valence-corrected chi connectivity index (χ0v) is 15.7. The third kappa shape index (κ3) is 3.94. The summed E-state index contributed by atoms with van der Waals surface area (Å²) < 4.78 is 11.5. The molecule has 2 heterocycles. The van der Waals surface area contributed by atoms with Crippen LogP contribution in [0.15, 0.2) is 47.3 Å². The maximum absolute atomic E-state index is 6.21. The van der Waals surface area contributed by atoms with Crippen LogP contribution in [0, 0.1) is 0 Å². The predicted molar refractivity (Wildman–Crippen MR) is 104 cm³/mol. The Morgan fingerprint density at radius 1 is 0.962 bits per heavy atom. The summed E-state index contributed by atoms with van der Waals surface area (Å²) in [5.74, 6) is 2.81. The number of nitrogens with two attached hydrogens (primary N) is 1. The summed E-state index contributed by atoms with van der Waals surface area (Å²) in [6.45, 7) is 0. The monoisotopic (exact) mass is 416 g/mol. The van der Waals surface area contributed by atoms with Crippen molar-refractivity contribution in [2.75, 3.05) is 30.6 Å². The average Bonchev–Trinajstić information content (AvgIpc) is 2.66. The lowest BCUT2D eigenvalue weighted by atomic mass is 10.2. The van der Waals surface area contributed by atoms with Crippen LogP contribution in [0.5, 0.6) is 11.5 Å². The van der Waals surface area contributed by atoms with Crippen LogP contribution in [0.3, 0.4) is 0 Å². The van der Waals surface area contributed by atoms with Crippen molar-refractivity contribution >= 4 is 44.8 Å². The van der Waals surface area contributed by atoms with E-state index in [4.69, 9.17) is 15.2 Å². The maximum Gasteiger partial charge on any atom is 0.160 e. The number of halogens is 1. The second kappa shape index (κ2) is 7.87. The fourth-order valence-corrected chi connectivity index (χ4v) is 2.44. The summed E-state index contributed by atoms with van der Waals surface area (Å²) in [5, 5.41) is 6.23. The van der Waals surface area contributed by atoms with E-state index in [1.165, 1.54) is 6.33 Å². The van der Waals surface area contributed by atoms with E-state index in [9.17, 15) is 0 Å². The number of nitrogens with one attached hydrogen (secondary N) is 2. The Morgan fingerprint density at radius 2 is 1.73 bits per heavy atom. The van der Waals surface area contributed by atoms with Crippen molar-refractivity contribution in [2.24, 2.45) is 0 Å². The Hall–Kier alpha value is -3.07. The third-order valence-electron chi connectivity index (χ3n) is 3.52. The molecule has 2 aromatic heterocycles. The van der Waals surface area contributed by atoms with Gasteiger partial charge in [-0.3, -0.25) is 0 Å². The molecule has 0 aliphatic carbocycles.